The molecule has 0 saturated carbocycles. The first kappa shape index (κ1) is 20.7. The second-order valence-corrected chi connectivity index (χ2v) is 7.58. The minimum absolute atomic E-state index is 0.0958. The highest BCUT2D eigenvalue weighted by Crippen LogP contribution is 2.32. The summed E-state index contributed by atoms with van der Waals surface area (Å²) < 4.78 is 32.7. The average Bonchev–Trinajstić information content (AvgIpc) is 2.65. The molecule has 0 saturated heterocycles. The molecule has 0 radical (unpaired) electrons. The second-order valence-electron chi connectivity index (χ2n) is 5.65. The van der Waals surface area contributed by atoms with Gasteiger partial charge in [-0.05, 0) is 37.3 Å². The molecule has 0 aromatic heterocycles. The number of carbonyl (C=O) groups is 1. The first-order chi connectivity index (χ1) is 12.9. The number of sulfonamides is 1. The van der Waals surface area contributed by atoms with Gasteiger partial charge in [-0.3, -0.25) is 0 Å². The van der Waals surface area contributed by atoms with Gasteiger partial charge < -0.3 is 15.4 Å². The van der Waals surface area contributed by atoms with Gasteiger partial charge in [0.25, 0.3) is 0 Å². The van der Waals surface area contributed by atoms with Gasteiger partial charge in [-0.25, -0.2) is 13.2 Å². The minimum Gasteiger partial charge on any atom is -0.455 e. The van der Waals surface area contributed by atoms with Gasteiger partial charge in [-0.15, -0.1) is 0 Å². The maximum atomic E-state index is 12.8. The Morgan fingerprint density at radius 1 is 1.04 bits per heavy atom. The van der Waals surface area contributed by atoms with E-state index < -0.39 is 16.1 Å². The number of ether oxygens (including phenoxy) is 1. The van der Waals surface area contributed by atoms with Crippen LogP contribution >= 0.6 is 0 Å². The maximum absolute atomic E-state index is 12.8. The molecule has 0 heterocycles. The largest absolute Gasteiger partial charge is 0.455 e. The van der Waals surface area contributed by atoms with Gasteiger partial charge >= 0.3 is 6.03 Å². The van der Waals surface area contributed by atoms with Crippen LogP contribution in [0.5, 0.6) is 11.5 Å². The number of benzene rings is 2. The van der Waals surface area contributed by atoms with Crippen LogP contribution < -0.4 is 15.4 Å². The quantitative estimate of drug-likeness (QED) is 0.719. The van der Waals surface area contributed by atoms with Crippen molar-refractivity contribution in [2.24, 2.45) is 0 Å². The lowest BCUT2D eigenvalue weighted by molar-refractivity contribution is 0.252. The molecule has 27 heavy (non-hydrogen) atoms. The second kappa shape index (κ2) is 9.38. The lowest BCUT2D eigenvalue weighted by atomic mass is 10.3. The molecule has 146 valence electrons. The normalized spacial score (nSPS) is 11.3. The summed E-state index contributed by atoms with van der Waals surface area (Å²) in [7, 11) is -3.66. The number of rotatable bonds is 8. The van der Waals surface area contributed by atoms with E-state index in [-0.39, 0.29) is 10.6 Å². The van der Waals surface area contributed by atoms with E-state index in [2.05, 4.69) is 10.6 Å². The fraction of sp³-hybridized carbons (Fsp3) is 0.316. The minimum atomic E-state index is -3.66. The Balaban J connectivity index is 2.44. The molecule has 2 amide bonds. The first-order valence-electron chi connectivity index (χ1n) is 8.84. The Kier molecular flexibility index (Phi) is 7.20. The zero-order valence-electron chi connectivity index (χ0n) is 15.7. The summed E-state index contributed by atoms with van der Waals surface area (Å²) in [6, 6.07) is 13.1. The highest BCUT2D eigenvalue weighted by atomic mass is 32.2. The van der Waals surface area contributed by atoms with Crippen molar-refractivity contribution in [3.63, 3.8) is 0 Å². The highest BCUT2D eigenvalue weighted by molar-refractivity contribution is 7.89. The van der Waals surface area contributed by atoms with Gasteiger partial charge in [0.05, 0.1) is 10.6 Å². The molecule has 0 unspecified atom stereocenters. The highest BCUT2D eigenvalue weighted by Gasteiger charge is 2.23. The molecule has 7 nitrogen and oxygen atoms in total. The average molecular weight is 391 g/mol. The lowest BCUT2D eigenvalue weighted by Crippen LogP contribution is -2.31. The number of hydrogen-bond acceptors (Lipinski definition) is 4. The van der Waals surface area contributed by atoms with E-state index in [1.165, 1.54) is 16.4 Å². The molecule has 0 bridgehead atoms. The third-order valence-corrected chi connectivity index (χ3v) is 5.90. The zero-order chi connectivity index (χ0) is 19.9. The molecule has 0 aliphatic rings. The van der Waals surface area contributed by atoms with E-state index in [1.54, 1.807) is 39.0 Å². The Bertz CT molecular complexity index is 866. The predicted octanol–water partition coefficient (Wildman–Crippen LogP) is 3.65. The molecule has 0 aliphatic heterocycles. The van der Waals surface area contributed by atoms with E-state index in [9.17, 15) is 13.2 Å². The Morgan fingerprint density at radius 3 is 2.30 bits per heavy atom. The lowest BCUT2D eigenvalue weighted by Gasteiger charge is -2.20. The van der Waals surface area contributed by atoms with E-state index in [1.807, 2.05) is 18.2 Å². The van der Waals surface area contributed by atoms with Crippen LogP contribution in [0.3, 0.4) is 0 Å². The molecule has 2 aromatic carbocycles. The third-order valence-electron chi connectivity index (χ3n) is 3.85. The molecule has 2 N–H and O–H groups in total. The van der Waals surface area contributed by atoms with Crippen LogP contribution in [0.4, 0.5) is 10.5 Å². The van der Waals surface area contributed by atoms with E-state index in [0.717, 1.165) is 0 Å². The topological polar surface area (TPSA) is 87.7 Å². The summed E-state index contributed by atoms with van der Waals surface area (Å²) in [4.78, 5) is 12.1. The number of para-hydroxylation sites is 1. The van der Waals surface area contributed by atoms with Crippen molar-refractivity contribution in [2.75, 3.05) is 25.0 Å². The number of hydrogen-bond donors (Lipinski definition) is 2. The maximum Gasteiger partial charge on any atom is 0.319 e. The van der Waals surface area contributed by atoms with Gasteiger partial charge in [0.2, 0.25) is 10.0 Å². The van der Waals surface area contributed by atoms with Crippen LogP contribution in [0.2, 0.25) is 0 Å². The van der Waals surface area contributed by atoms with Crippen LogP contribution in [0.15, 0.2) is 53.4 Å². The van der Waals surface area contributed by atoms with Crippen LogP contribution in [-0.2, 0) is 10.0 Å². The number of nitrogens with one attached hydrogen (secondary N) is 2. The third kappa shape index (κ3) is 5.21. The molecular weight excluding hydrogens is 366 g/mol. The molecule has 0 atom stereocenters. The number of urea groups is 1. The van der Waals surface area contributed by atoms with Crippen LogP contribution in [0.1, 0.15) is 20.8 Å². The van der Waals surface area contributed by atoms with Gasteiger partial charge in [0, 0.05) is 19.6 Å². The van der Waals surface area contributed by atoms with Crippen molar-refractivity contribution < 1.29 is 17.9 Å². The molecule has 0 aliphatic carbocycles. The summed E-state index contributed by atoms with van der Waals surface area (Å²) in [6.07, 6.45) is 0. The van der Waals surface area contributed by atoms with Crippen LogP contribution in [-0.4, -0.2) is 38.4 Å². The van der Waals surface area contributed by atoms with Crippen molar-refractivity contribution in [1.29, 1.82) is 0 Å². The molecular formula is C19H25N3O4S. The molecule has 0 fully saturated rings. The Hall–Kier alpha value is -2.58. The smallest absolute Gasteiger partial charge is 0.319 e. The fourth-order valence-electron chi connectivity index (χ4n) is 2.51. The SMILES string of the molecule is CCNC(=O)Nc1cc(S(=O)(=O)N(CC)CC)ccc1Oc1ccccc1. The number of amides is 2. The molecule has 8 heteroatoms. The summed E-state index contributed by atoms with van der Waals surface area (Å²) in [5.74, 6) is 0.932. The summed E-state index contributed by atoms with van der Waals surface area (Å²) in [6.45, 7) is 6.52. The van der Waals surface area contributed by atoms with Crippen molar-refractivity contribution in [1.82, 2.24) is 9.62 Å². The summed E-state index contributed by atoms with van der Waals surface area (Å²) in [5, 5.41) is 5.28. The van der Waals surface area contributed by atoms with Gasteiger partial charge in [0.1, 0.15) is 5.75 Å². The van der Waals surface area contributed by atoms with Crippen molar-refractivity contribution in [3.05, 3.63) is 48.5 Å². The Morgan fingerprint density at radius 2 is 1.70 bits per heavy atom. The van der Waals surface area contributed by atoms with Crippen LogP contribution in [0.25, 0.3) is 0 Å². The van der Waals surface area contributed by atoms with Gasteiger partial charge in [-0.2, -0.15) is 4.31 Å². The number of carbonyl (C=O) groups excluding carboxylic acids is 1. The monoisotopic (exact) mass is 391 g/mol. The zero-order valence-corrected chi connectivity index (χ0v) is 16.5. The molecule has 2 aromatic rings. The van der Waals surface area contributed by atoms with Crippen LogP contribution in [0, 0.1) is 0 Å². The van der Waals surface area contributed by atoms with Crippen molar-refractivity contribution in [2.45, 2.75) is 25.7 Å². The summed E-state index contributed by atoms with van der Waals surface area (Å²) in [5.41, 5.74) is 0.276. The van der Waals surface area contributed by atoms with E-state index in [4.69, 9.17) is 4.74 Å². The molecule has 2 rings (SSSR count). The van der Waals surface area contributed by atoms with E-state index >= 15 is 0 Å². The summed E-state index contributed by atoms with van der Waals surface area (Å²) >= 11 is 0. The molecule has 0 spiro atoms. The predicted molar refractivity (Wildman–Crippen MR) is 106 cm³/mol. The van der Waals surface area contributed by atoms with Gasteiger partial charge in [0.15, 0.2) is 5.75 Å². The standard InChI is InChI=1S/C19H25N3O4S/c1-4-20-19(23)21-17-14-16(27(24,25)22(5-2)6-3)12-13-18(17)26-15-10-8-7-9-11-15/h7-14H,4-6H2,1-3H3,(H2,20,21,23). The van der Waals surface area contributed by atoms with Crippen molar-refractivity contribution >= 4 is 21.7 Å². The Labute approximate surface area is 160 Å². The number of anilines is 1. The number of nitrogens with zero attached hydrogens (tertiary/aromatic N) is 1. The first-order valence-corrected chi connectivity index (χ1v) is 10.3. The van der Waals surface area contributed by atoms with Gasteiger partial charge in [-0.1, -0.05) is 32.0 Å². The van der Waals surface area contributed by atoms with E-state index in [0.29, 0.717) is 31.1 Å². The fourth-order valence-corrected chi connectivity index (χ4v) is 4.00. The van der Waals surface area contributed by atoms with Crippen molar-refractivity contribution in [3.8, 4) is 11.5 Å².